The molecule has 0 aliphatic carbocycles. The Morgan fingerprint density at radius 3 is 2.40 bits per heavy atom. The molecule has 4 nitrogen and oxygen atoms in total. The second kappa shape index (κ2) is 5.35. The van der Waals surface area contributed by atoms with E-state index in [0.717, 1.165) is 31.6 Å². The molecule has 1 aliphatic rings. The molecule has 0 atom stereocenters. The number of hydrogen-bond donors (Lipinski definition) is 2. The van der Waals surface area contributed by atoms with E-state index in [4.69, 9.17) is 10.8 Å². The topological polar surface area (TPSA) is 66.6 Å². The first-order valence-corrected chi connectivity index (χ1v) is 7.17. The first-order chi connectivity index (χ1) is 9.29. The number of nitrogens with zero attached hydrogens (tertiary/aromatic N) is 1. The van der Waals surface area contributed by atoms with Crippen LogP contribution >= 0.6 is 0 Å². The minimum atomic E-state index is -0.907. The predicted octanol–water partition coefficient (Wildman–Crippen LogP) is 3.23. The Bertz CT molecular complexity index is 498. The van der Waals surface area contributed by atoms with Crippen molar-refractivity contribution in [1.29, 1.82) is 0 Å². The van der Waals surface area contributed by atoms with Gasteiger partial charge < -0.3 is 15.7 Å². The number of piperidine rings is 1. The smallest absolute Gasteiger partial charge is 0.335 e. The van der Waals surface area contributed by atoms with E-state index >= 15 is 0 Å². The SMILES string of the molecule is CC(C)(C)C1CCN(c2cc(C(=O)O)ccc2N)CC1. The van der Waals surface area contributed by atoms with Gasteiger partial charge in [-0.25, -0.2) is 4.79 Å². The number of anilines is 2. The summed E-state index contributed by atoms with van der Waals surface area (Å²) < 4.78 is 0. The molecule has 0 saturated carbocycles. The van der Waals surface area contributed by atoms with Crippen molar-refractivity contribution in [3.63, 3.8) is 0 Å². The highest BCUT2D eigenvalue weighted by Crippen LogP contribution is 2.36. The number of nitrogens with two attached hydrogens (primary N) is 1. The van der Waals surface area contributed by atoms with Crippen LogP contribution in [0.3, 0.4) is 0 Å². The second-order valence-corrected chi connectivity index (χ2v) is 6.71. The third-order valence-corrected chi connectivity index (χ3v) is 4.34. The van der Waals surface area contributed by atoms with Crippen LogP contribution in [0.1, 0.15) is 44.0 Å². The van der Waals surface area contributed by atoms with E-state index in [1.165, 1.54) is 0 Å². The number of nitrogen functional groups attached to an aromatic ring is 1. The van der Waals surface area contributed by atoms with Gasteiger partial charge in [-0.15, -0.1) is 0 Å². The van der Waals surface area contributed by atoms with Crippen molar-refractivity contribution in [3.8, 4) is 0 Å². The fourth-order valence-corrected chi connectivity index (χ4v) is 2.94. The predicted molar refractivity (Wildman–Crippen MR) is 82.2 cm³/mol. The zero-order valence-corrected chi connectivity index (χ0v) is 12.5. The van der Waals surface area contributed by atoms with Gasteiger partial charge in [-0.05, 0) is 42.4 Å². The first kappa shape index (κ1) is 14.7. The molecular formula is C16H24N2O2. The van der Waals surface area contributed by atoms with Crippen molar-refractivity contribution in [2.45, 2.75) is 33.6 Å². The van der Waals surface area contributed by atoms with Gasteiger partial charge in [0.15, 0.2) is 0 Å². The molecule has 20 heavy (non-hydrogen) atoms. The van der Waals surface area contributed by atoms with Gasteiger partial charge >= 0.3 is 5.97 Å². The number of rotatable bonds is 2. The summed E-state index contributed by atoms with van der Waals surface area (Å²) in [5.41, 5.74) is 8.15. The molecule has 0 radical (unpaired) electrons. The normalized spacial score (nSPS) is 17.2. The summed E-state index contributed by atoms with van der Waals surface area (Å²) >= 11 is 0. The zero-order chi connectivity index (χ0) is 14.9. The van der Waals surface area contributed by atoms with E-state index in [-0.39, 0.29) is 0 Å². The van der Waals surface area contributed by atoms with Crippen LogP contribution in [0.15, 0.2) is 18.2 Å². The third-order valence-electron chi connectivity index (χ3n) is 4.34. The van der Waals surface area contributed by atoms with Crippen molar-refractivity contribution in [1.82, 2.24) is 0 Å². The van der Waals surface area contributed by atoms with Crippen LogP contribution in [-0.2, 0) is 0 Å². The summed E-state index contributed by atoms with van der Waals surface area (Å²) in [5.74, 6) is -0.196. The van der Waals surface area contributed by atoms with Gasteiger partial charge in [0, 0.05) is 13.1 Å². The van der Waals surface area contributed by atoms with Crippen molar-refractivity contribution in [3.05, 3.63) is 23.8 Å². The second-order valence-electron chi connectivity index (χ2n) is 6.71. The lowest BCUT2D eigenvalue weighted by molar-refractivity contribution is 0.0697. The molecule has 1 aromatic carbocycles. The molecular weight excluding hydrogens is 252 g/mol. The van der Waals surface area contributed by atoms with Gasteiger partial charge in [-0.2, -0.15) is 0 Å². The molecule has 1 aliphatic heterocycles. The third kappa shape index (κ3) is 3.06. The Hall–Kier alpha value is -1.71. The highest BCUT2D eigenvalue weighted by molar-refractivity contribution is 5.90. The Balaban J connectivity index is 2.14. The van der Waals surface area contributed by atoms with Gasteiger partial charge in [-0.1, -0.05) is 20.8 Å². The van der Waals surface area contributed by atoms with E-state index in [0.29, 0.717) is 22.6 Å². The van der Waals surface area contributed by atoms with Crippen molar-refractivity contribution < 1.29 is 9.90 Å². The number of aromatic carboxylic acids is 1. The number of hydrogen-bond acceptors (Lipinski definition) is 3. The largest absolute Gasteiger partial charge is 0.478 e. The summed E-state index contributed by atoms with van der Waals surface area (Å²) in [7, 11) is 0. The number of carboxylic acids is 1. The van der Waals surface area contributed by atoms with Crippen molar-refractivity contribution in [2.24, 2.45) is 11.3 Å². The van der Waals surface area contributed by atoms with Crippen molar-refractivity contribution >= 4 is 17.3 Å². The molecule has 4 heteroatoms. The Morgan fingerprint density at radius 1 is 1.30 bits per heavy atom. The maximum atomic E-state index is 11.1. The van der Waals surface area contributed by atoms with Crippen LogP contribution in [0.4, 0.5) is 11.4 Å². The summed E-state index contributed by atoms with van der Waals surface area (Å²) in [6, 6.07) is 4.94. The Kier molecular flexibility index (Phi) is 3.93. The highest BCUT2D eigenvalue weighted by atomic mass is 16.4. The quantitative estimate of drug-likeness (QED) is 0.814. The lowest BCUT2D eigenvalue weighted by atomic mass is 9.75. The molecule has 0 unspecified atom stereocenters. The molecule has 0 aromatic heterocycles. The molecule has 0 spiro atoms. The minimum Gasteiger partial charge on any atom is -0.478 e. The first-order valence-electron chi connectivity index (χ1n) is 7.17. The Labute approximate surface area is 120 Å². The molecule has 0 amide bonds. The van der Waals surface area contributed by atoms with E-state index in [1.807, 2.05) is 0 Å². The maximum Gasteiger partial charge on any atom is 0.335 e. The van der Waals surface area contributed by atoms with E-state index in [2.05, 4.69) is 25.7 Å². The fraction of sp³-hybridized carbons (Fsp3) is 0.562. The molecule has 2 rings (SSSR count). The molecule has 1 heterocycles. The maximum absolute atomic E-state index is 11.1. The minimum absolute atomic E-state index is 0.298. The standard InChI is InChI=1S/C16H24N2O2/c1-16(2,3)12-6-8-18(9-7-12)14-10-11(15(19)20)4-5-13(14)17/h4-5,10,12H,6-9,17H2,1-3H3,(H,19,20). The van der Waals surface area contributed by atoms with Crippen LogP contribution in [-0.4, -0.2) is 24.2 Å². The molecule has 3 N–H and O–H groups in total. The lowest BCUT2D eigenvalue weighted by Gasteiger charge is -2.40. The highest BCUT2D eigenvalue weighted by Gasteiger charge is 2.29. The molecule has 1 saturated heterocycles. The average molecular weight is 276 g/mol. The van der Waals surface area contributed by atoms with E-state index < -0.39 is 5.97 Å². The number of carbonyl (C=O) groups is 1. The van der Waals surface area contributed by atoms with Crippen LogP contribution in [0.25, 0.3) is 0 Å². The zero-order valence-electron chi connectivity index (χ0n) is 12.5. The summed E-state index contributed by atoms with van der Waals surface area (Å²) in [6.45, 7) is 8.73. The van der Waals surface area contributed by atoms with Gasteiger partial charge in [0.1, 0.15) is 0 Å². The van der Waals surface area contributed by atoms with Crippen molar-refractivity contribution in [2.75, 3.05) is 23.7 Å². The van der Waals surface area contributed by atoms with Gasteiger partial charge in [-0.3, -0.25) is 0 Å². The number of carboxylic acid groups (broad SMARTS) is 1. The van der Waals surface area contributed by atoms with Crippen LogP contribution < -0.4 is 10.6 Å². The lowest BCUT2D eigenvalue weighted by Crippen LogP contribution is -2.38. The van der Waals surface area contributed by atoms with Gasteiger partial charge in [0.05, 0.1) is 16.9 Å². The Morgan fingerprint density at radius 2 is 1.90 bits per heavy atom. The summed E-state index contributed by atoms with van der Waals surface area (Å²) in [5, 5.41) is 9.09. The van der Waals surface area contributed by atoms with Gasteiger partial charge in [0.2, 0.25) is 0 Å². The summed E-state index contributed by atoms with van der Waals surface area (Å²) in [4.78, 5) is 13.3. The van der Waals surface area contributed by atoms with E-state index in [1.54, 1.807) is 18.2 Å². The van der Waals surface area contributed by atoms with Crippen LogP contribution in [0, 0.1) is 11.3 Å². The fourth-order valence-electron chi connectivity index (χ4n) is 2.94. The molecule has 1 aromatic rings. The van der Waals surface area contributed by atoms with Crippen LogP contribution in [0.2, 0.25) is 0 Å². The monoisotopic (exact) mass is 276 g/mol. The van der Waals surface area contributed by atoms with Crippen LogP contribution in [0.5, 0.6) is 0 Å². The molecule has 110 valence electrons. The summed E-state index contributed by atoms with van der Waals surface area (Å²) in [6.07, 6.45) is 2.25. The average Bonchev–Trinajstić information content (AvgIpc) is 2.38. The van der Waals surface area contributed by atoms with E-state index in [9.17, 15) is 4.79 Å². The van der Waals surface area contributed by atoms with Gasteiger partial charge in [0.25, 0.3) is 0 Å². The molecule has 0 bridgehead atoms. The number of benzene rings is 1. The molecule has 1 fully saturated rings.